The first-order valence-electron chi connectivity index (χ1n) is 13.3. The van der Waals surface area contributed by atoms with Crippen LogP contribution in [0.15, 0.2) is 72.5 Å². The largest absolute Gasteiger partial charge is 0.496 e. The van der Waals surface area contributed by atoms with Gasteiger partial charge in [-0.1, -0.05) is 35.6 Å². The highest BCUT2D eigenvalue weighted by Gasteiger charge is 2.40. The number of rotatable bonds is 7. The van der Waals surface area contributed by atoms with Gasteiger partial charge in [-0.25, -0.2) is 14.6 Å². The quantitative estimate of drug-likeness (QED) is 0.300. The number of allylic oxidation sites excluding steroid dienone is 4. The summed E-state index contributed by atoms with van der Waals surface area (Å²) in [6, 6.07) is 7.94. The Labute approximate surface area is 244 Å². The Morgan fingerprint density at radius 3 is 2.70 bits per heavy atom. The van der Waals surface area contributed by atoms with Crippen molar-refractivity contribution in [3.63, 3.8) is 0 Å². The van der Waals surface area contributed by atoms with Gasteiger partial charge in [-0.2, -0.15) is 13.2 Å². The second-order valence-electron chi connectivity index (χ2n) is 9.85. The van der Waals surface area contributed by atoms with E-state index in [0.29, 0.717) is 33.9 Å². The number of halogens is 4. The van der Waals surface area contributed by atoms with Crippen LogP contribution in [0.25, 0.3) is 16.8 Å². The summed E-state index contributed by atoms with van der Waals surface area (Å²) in [4.78, 5) is 30.8. The van der Waals surface area contributed by atoms with Crippen LogP contribution < -0.4 is 15.1 Å². The zero-order valence-electron chi connectivity index (χ0n) is 23.2. The first-order valence-corrected chi connectivity index (χ1v) is 13.3. The minimum atomic E-state index is -4.70. The number of alkyl halides is 3. The average molecular weight is 598 g/mol. The maximum Gasteiger partial charge on any atom is 0.406 e. The summed E-state index contributed by atoms with van der Waals surface area (Å²) < 4.78 is 61.9. The summed E-state index contributed by atoms with van der Waals surface area (Å²) >= 11 is 0. The summed E-state index contributed by atoms with van der Waals surface area (Å²) in [6.45, 7) is -1.56. The molecule has 224 valence electrons. The Morgan fingerprint density at radius 1 is 1.14 bits per heavy atom. The summed E-state index contributed by atoms with van der Waals surface area (Å²) in [5.74, 6) is -1.40. The number of amides is 2. The maximum atomic E-state index is 14.6. The van der Waals surface area contributed by atoms with Crippen LogP contribution in [0.5, 0.6) is 5.75 Å². The van der Waals surface area contributed by atoms with E-state index >= 15 is 0 Å². The minimum Gasteiger partial charge on any atom is -0.496 e. The van der Waals surface area contributed by atoms with Gasteiger partial charge in [0.1, 0.15) is 29.8 Å². The van der Waals surface area contributed by atoms with Crippen LogP contribution in [0.4, 0.5) is 23.2 Å². The molecule has 1 N–H and O–H groups in total. The summed E-state index contributed by atoms with van der Waals surface area (Å²) in [5, 5.41) is 8.24. The van der Waals surface area contributed by atoms with Gasteiger partial charge >= 0.3 is 6.18 Å². The molecule has 1 unspecified atom stereocenters. The SMILES string of the molecule is CONC(=O)C1=CCC=C(c2ccc(-c3cn(C4CCc5c(F)cccc5N(CC(F)(F)F)C4=O)nn3)cc2OC)C=C1. The third-order valence-corrected chi connectivity index (χ3v) is 7.15. The number of hydrogen-bond acceptors (Lipinski definition) is 6. The molecule has 2 heterocycles. The number of nitrogens with one attached hydrogen (secondary N) is 1. The lowest BCUT2D eigenvalue weighted by molar-refractivity contribution is -0.134. The number of anilines is 1. The van der Waals surface area contributed by atoms with E-state index in [2.05, 4.69) is 15.8 Å². The van der Waals surface area contributed by atoms with Crippen molar-refractivity contribution in [2.24, 2.45) is 0 Å². The van der Waals surface area contributed by atoms with Crippen molar-refractivity contribution in [2.45, 2.75) is 31.5 Å². The lowest BCUT2D eigenvalue weighted by Crippen LogP contribution is -2.42. The number of ether oxygens (including phenoxy) is 1. The Morgan fingerprint density at radius 2 is 1.95 bits per heavy atom. The fraction of sp³-hybridized carbons (Fsp3) is 0.267. The predicted octanol–water partition coefficient (Wildman–Crippen LogP) is 5.12. The van der Waals surface area contributed by atoms with Crippen LogP contribution in [0.1, 0.15) is 30.0 Å². The van der Waals surface area contributed by atoms with Gasteiger partial charge in [0.2, 0.25) is 0 Å². The number of benzene rings is 2. The van der Waals surface area contributed by atoms with Gasteiger partial charge in [0.15, 0.2) is 0 Å². The number of carbonyl (C=O) groups excluding carboxylic acids is 2. The van der Waals surface area contributed by atoms with Gasteiger partial charge in [-0.05, 0) is 55.2 Å². The molecule has 1 atom stereocenters. The number of hydroxylamine groups is 1. The van der Waals surface area contributed by atoms with Crippen molar-refractivity contribution in [1.82, 2.24) is 20.5 Å². The first kappa shape index (κ1) is 29.7. The lowest BCUT2D eigenvalue weighted by atomic mass is 10.0. The smallest absolute Gasteiger partial charge is 0.406 e. The Kier molecular flexibility index (Phi) is 8.44. The van der Waals surface area contributed by atoms with Gasteiger partial charge in [-0.3, -0.25) is 14.4 Å². The second kappa shape index (κ2) is 12.2. The van der Waals surface area contributed by atoms with Crippen LogP contribution in [-0.2, 0) is 20.8 Å². The van der Waals surface area contributed by atoms with Crippen molar-refractivity contribution in [3.05, 3.63) is 89.4 Å². The van der Waals surface area contributed by atoms with Crippen molar-refractivity contribution in [2.75, 3.05) is 25.7 Å². The fourth-order valence-corrected chi connectivity index (χ4v) is 5.14. The van der Waals surface area contributed by atoms with E-state index in [9.17, 15) is 27.2 Å². The molecule has 5 rings (SSSR count). The molecule has 1 aliphatic heterocycles. The van der Waals surface area contributed by atoms with Crippen LogP contribution in [0, 0.1) is 5.82 Å². The van der Waals surface area contributed by atoms with Crippen LogP contribution in [0.3, 0.4) is 0 Å². The topological polar surface area (TPSA) is 98.6 Å². The molecule has 2 amide bonds. The molecule has 1 aliphatic carbocycles. The molecule has 0 saturated heterocycles. The molecule has 2 aliphatic rings. The molecule has 43 heavy (non-hydrogen) atoms. The second-order valence-corrected chi connectivity index (χ2v) is 9.85. The third kappa shape index (κ3) is 6.36. The normalized spacial score (nSPS) is 17.0. The van der Waals surface area contributed by atoms with Gasteiger partial charge in [-0.15, -0.1) is 5.10 Å². The molecule has 0 fully saturated rings. The molecule has 3 aromatic rings. The Hall–Kier alpha value is -4.78. The van der Waals surface area contributed by atoms with Crippen LogP contribution >= 0.6 is 0 Å². The van der Waals surface area contributed by atoms with E-state index in [0.717, 1.165) is 17.2 Å². The molecule has 0 radical (unpaired) electrons. The summed E-state index contributed by atoms with van der Waals surface area (Å²) in [5.41, 5.74) is 5.17. The number of hydrogen-bond donors (Lipinski definition) is 1. The zero-order chi connectivity index (χ0) is 30.7. The predicted molar refractivity (Wildman–Crippen MR) is 149 cm³/mol. The first-order chi connectivity index (χ1) is 20.6. The van der Waals surface area contributed by atoms with E-state index in [4.69, 9.17) is 9.57 Å². The summed E-state index contributed by atoms with van der Waals surface area (Å²) in [6.07, 6.45) is 4.48. The van der Waals surface area contributed by atoms with E-state index < -0.39 is 30.5 Å². The lowest BCUT2D eigenvalue weighted by Gasteiger charge is -2.26. The minimum absolute atomic E-state index is 0.0328. The number of nitrogens with zero attached hydrogens (tertiary/aromatic N) is 4. The molecule has 0 saturated carbocycles. The molecule has 9 nitrogen and oxygen atoms in total. The van der Waals surface area contributed by atoms with Crippen molar-refractivity contribution in [3.8, 4) is 17.0 Å². The summed E-state index contributed by atoms with van der Waals surface area (Å²) in [7, 11) is 2.86. The van der Waals surface area contributed by atoms with E-state index in [1.807, 2.05) is 12.1 Å². The van der Waals surface area contributed by atoms with Gasteiger partial charge in [0, 0.05) is 22.3 Å². The van der Waals surface area contributed by atoms with E-state index in [1.54, 1.807) is 30.4 Å². The van der Waals surface area contributed by atoms with Gasteiger partial charge in [0.05, 0.1) is 26.1 Å². The maximum absolute atomic E-state index is 14.6. The van der Waals surface area contributed by atoms with Gasteiger partial charge in [0.25, 0.3) is 11.8 Å². The molecule has 0 spiro atoms. The molecule has 13 heteroatoms. The number of aromatic nitrogens is 3. The third-order valence-electron chi connectivity index (χ3n) is 7.15. The van der Waals surface area contributed by atoms with E-state index in [1.165, 1.54) is 37.2 Å². The van der Waals surface area contributed by atoms with Crippen LogP contribution in [0.2, 0.25) is 0 Å². The monoisotopic (exact) mass is 597 g/mol. The Balaban J connectivity index is 1.41. The van der Waals surface area contributed by atoms with Gasteiger partial charge < -0.3 is 9.64 Å². The Bertz CT molecular complexity index is 1640. The molecular weight excluding hydrogens is 570 g/mol. The van der Waals surface area contributed by atoms with Crippen molar-refractivity contribution in [1.29, 1.82) is 0 Å². The molecular formula is C30H27F4N5O4. The van der Waals surface area contributed by atoms with E-state index in [-0.39, 0.29) is 30.0 Å². The number of fused-ring (bicyclic) bond motifs is 1. The standard InChI is InChI=1S/C30H27F4N5O4/c1-42-27-15-20(11-12-21(27)18-5-3-6-19(10-9-18)28(40)36-43-2)24-16-39(37-35-24)26-14-13-22-23(31)7-4-8-25(22)38(29(26)41)17-30(32,33)34/h4-12,15-16,26H,3,13-14,17H2,1-2H3,(H,36,40). The van der Waals surface area contributed by atoms with Crippen LogP contribution in [-0.4, -0.2) is 53.7 Å². The van der Waals surface area contributed by atoms with Crippen molar-refractivity contribution < 1.29 is 36.7 Å². The number of carbonyl (C=O) groups is 2. The molecule has 1 aromatic heterocycles. The molecule has 0 bridgehead atoms. The zero-order valence-corrected chi connectivity index (χ0v) is 23.2. The molecule has 2 aromatic carbocycles. The highest BCUT2D eigenvalue weighted by Crippen LogP contribution is 2.36. The average Bonchev–Trinajstić information content (AvgIpc) is 3.26. The fourth-order valence-electron chi connectivity index (χ4n) is 5.14. The number of methoxy groups -OCH3 is 1. The highest BCUT2D eigenvalue weighted by molar-refractivity contribution is 5.98. The van der Waals surface area contributed by atoms with Crippen molar-refractivity contribution >= 4 is 23.1 Å². The highest BCUT2D eigenvalue weighted by atomic mass is 19.4.